The number of amides is 1. The molecule has 2 rings (SSSR count). The summed E-state index contributed by atoms with van der Waals surface area (Å²) in [6.07, 6.45) is 5.92. The second-order valence-electron chi connectivity index (χ2n) is 6.70. The Balaban J connectivity index is 2.46. The molecule has 144 valence electrons. The Bertz CT molecular complexity index is 831. The van der Waals surface area contributed by atoms with Crippen LogP contribution in [0.2, 0.25) is 0 Å². The monoisotopic (exact) mass is 371 g/mol. The first-order valence-electron chi connectivity index (χ1n) is 8.83. The molecule has 1 aromatic rings. The molecule has 1 heterocycles. The standard InChI is InChI=1S/C21H25NO5/c1-4-13(2)11-14(3)5-10-18(24)19-20(25)17(12-22(27)21(19)26)15-6-8-16(23)9-7-15/h5-11,13,23-25,27H,4,12H2,1-3H3. The van der Waals surface area contributed by atoms with E-state index >= 15 is 0 Å². The molecular formula is C21H25NO5. The highest BCUT2D eigenvalue weighted by molar-refractivity contribution is 5.97. The zero-order valence-corrected chi connectivity index (χ0v) is 15.7. The van der Waals surface area contributed by atoms with Crippen LogP contribution in [0.15, 0.2) is 65.2 Å². The summed E-state index contributed by atoms with van der Waals surface area (Å²) in [5.41, 5.74) is 1.10. The Kier molecular flexibility index (Phi) is 6.60. The molecule has 0 fully saturated rings. The lowest BCUT2D eigenvalue weighted by Crippen LogP contribution is -3.13. The first-order chi connectivity index (χ1) is 12.7. The summed E-state index contributed by atoms with van der Waals surface area (Å²) in [6.45, 7) is 5.78. The lowest BCUT2D eigenvalue weighted by Gasteiger charge is -2.27. The maximum atomic E-state index is 12.8. The number of quaternary nitrogens is 1. The number of aliphatic hydroxyl groups excluding tert-OH is 1. The largest absolute Gasteiger partial charge is 0.871 e. The van der Waals surface area contributed by atoms with E-state index in [2.05, 4.69) is 13.8 Å². The molecule has 0 spiro atoms. The fourth-order valence-electron chi connectivity index (χ4n) is 2.77. The normalized spacial score (nSPS) is 21.7. The number of carbonyl (C=O) groups is 1. The average molecular weight is 371 g/mol. The molecule has 2 unspecified atom stereocenters. The van der Waals surface area contributed by atoms with Crippen LogP contribution in [-0.2, 0) is 4.79 Å². The van der Waals surface area contributed by atoms with E-state index in [0.717, 1.165) is 12.0 Å². The minimum Gasteiger partial charge on any atom is -0.871 e. The first-order valence-corrected chi connectivity index (χ1v) is 8.83. The number of aliphatic hydroxyl groups is 1. The highest BCUT2D eigenvalue weighted by atomic mass is 16.5. The van der Waals surface area contributed by atoms with Gasteiger partial charge in [0.05, 0.1) is 0 Å². The first kappa shape index (κ1) is 20.5. The van der Waals surface area contributed by atoms with E-state index in [0.29, 0.717) is 11.5 Å². The van der Waals surface area contributed by atoms with Crippen LogP contribution in [0.5, 0.6) is 5.75 Å². The van der Waals surface area contributed by atoms with Gasteiger partial charge in [-0.2, -0.15) is 0 Å². The highest BCUT2D eigenvalue weighted by Gasteiger charge is 2.33. The molecular weight excluding hydrogens is 346 g/mol. The molecule has 27 heavy (non-hydrogen) atoms. The summed E-state index contributed by atoms with van der Waals surface area (Å²) >= 11 is 0. The third-order valence-corrected chi connectivity index (χ3v) is 4.50. The van der Waals surface area contributed by atoms with Gasteiger partial charge in [-0.05, 0) is 36.6 Å². The van der Waals surface area contributed by atoms with Crippen LogP contribution in [0.3, 0.4) is 0 Å². The highest BCUT2D eigenvalue weighted by Crippen LogP contribution is 2.25. The molecule has 0 saturated carbocycles. The van der Waals surface area contributed by atoms with Crippen molar-refractivity contribution in [2.24, 2.45) is 5.92 Å². The molecule has 4 N–H and O–H groups in total. The van der Waals surface area contributed by atoms with Gasteiger partial charge < -0.3 is 15.3 Å². The second kappa shape index (κ2) is 8.70. The van der Waals surface area contributed by atoms with E-state index in [-0.39, 0.29) is 17.9 Å². The summed E-state index contributed by atoms with van der Waals surface area (Å²) in [7, 11) is 0. The number of nitrogens with one attached hydrogen (secondary N) is 1. The van der Waals surface area contributed by atoms with Crippen LogP contribution in [0.25, 0.3) is 5.57 Å². The van der Waals surface area contributed by atoms with Crippen molar-refractivity contribution in [1.82, 2.24) is 0 Å². The van der Waals surface area contributed by atoms with Crippen molar-refractivity contribution in [3.05, 3.63) is 70.7 Å². The molecule has 0 saturated heterocycles. The van der Waals surface area contributed by atoms with Gasteiger partial charge in [-0.25, -0.2) is 10.0 Å². The number of allylic oxidation sites excluding steroid dienone is 4. The Hall–Kier alpha value is -2.83. The number of benzene rings is 1. The predicted octanol–water partition coefficient (Wildman–Crippen LogP) is 1.64. The molecule has 1 aliphatic heterocycles. The lowest BCUT2D eigenvalue weighted by molar-refractivity contribution is -1.01. The van der Waals surface area contributed by atoms with Crippen molar-refractivity contribution >= 4 is 11.5 Å². The third-order valence-electron chi connectivity index (χ3n) is 4.50. The molecule has 6 nitrogen and oxygen atoms in total. The molecule has 1 amide bonds. The predicted molar refractivity (Wildman–Crippen MR) is 99.7 cm³/mol. The molecule has 0 bridgehead atoms. The van der Waals surface area contributed by atoms with Crippen molar-refractivity contribution < 1.29 is 30.4 Å². The molecule has 1 aromatic carbocycles. The SMILES string of the molecule is CCC(C)C=C(C)C=CC(O)=C1C(=O)[NH+](O)CC(c2ccc(O)cc2)=C1[O-]. The van der Waals surface area contributed by atoms with Gasteiger partial charge in [0.15, 0.2) is 0 Å². The molecule has 0 radical (unpaired) electrons. The van der Waals surface area contributed by atoms with Crippen LogP contribution in [0.4, 0.5) is 0 Å². The Morgan fingerprint density at radius 3 is 2.52 bits per heavy atom. The van der Waals surface area contributed by atoms with Gasteiger partial charge in [0.2, 0.25) is 0 Å². The average Bonchev–Trinajstić information content (AvgIpc) is 2.64. The lowest BCUT2D eigenvalue weighted by atomic mass is 9.96. The van der Waals surface area contributed by atoms with Gasteiger partial charge >= 0.3 is 5.91 Å². The third kappa shape index (κ3) is 4.87. The molecule has 6 heteroatoms. The van der Waals surface area contributed by atoms with Gasteiger partial charge in [0.1, 0.15) is 23.6 Å². The van der Waals surface area contributed by atoms with Crippen LogP contribution < -0.4 is 10.2 Å². The zero-order chi connectivity index (χ0) is 20.1. The van der Waals surface area contributed by atoms with E-state index in [1.54, 1.807) is 6.08 Å². The van der Waals surface area contributed by atoms with Gasteiger partial charge in [-0.1, -0.05) is 55.9 Å². The number of hydrogen-bond donors (Lipinski definition) is 4. The second-order valence-corrected chi connectivity index (χ2v) is 6.70. The van der Waals surface area contributed by atoms with Crippen molar-refractivity contribution in [3.8, 4) is 5.75 Å². The summed E-state index contributed by atoms with van der Waals surface area (Å²) in [5, 5.41) is 42.0. The van der Waals surface area contributed by atoms with Crippen molar-refractivity contribution in [2.45, 2.75) is 27.2 Å². The number of carbonyl (C=O) groups excluding carboxylic acids is 1. The van der Waals surface area contributed by atoms with Crippen molar-refractivity contribution in [3.63, 3.8) is 0 Å². The maximum absolute atomic E-state index is 12.8. The summed E-state index contributed by atoms with van der Waals surface area (Å²) in [5.74, 6) is -1.57. The minimum atomic E-state index is -0.867. The van der Waals surface area contributed by atoms with Gasteiger partial charge in [-0.3, -0.25) is 0 Å². The number of hydrogen-bond acceptors (Lipinski definition) is 5. The van der Waals surface area contributed by atoms with Gasteiger partial charge in [0.25, 0.3) is 0 Å². The number of phenols is 1. The fourth-order valence-corrected chi connectivity index (χ4v) is 2.77. The maximum Gasteiger partial charge on any atom is 0.379 e. The summed E-state index contributed by atoms with van der Waals surface area (Å²) < 4.78 is 0. The van der Waals surface area contributed by atoms with E-state index < -0.39 is 28.1 Å². The van der Waals surface area contributed by atoms with Crippen molar-refractivity contribution in [1.29, 1.82) is 0 Å². The Morgan fingerprint density at radius 2 is 1.93 bits per heavy atom. The van der Waals surface area contributed by atoms with Crippen LogP contribution in [0.1, 0.15) is 32.8 Å². The van der Waals surface area contributed by atoms with Crippen LogP contribution in [-0.4, -0.2) is 27.9 Å². The van der Waals surface area contributed by atoms with Crippen LogP contribution >= 0.6 is 0 Å². The van der Waals surface area contributed by atoms with E-state index in [1.165, 1.54) is 30.3 Å². The molecule has 0 aromatic heterocycles. The molecule has 1 aliphatic rings. The van der Waals surface area contributed by atoms with Crippen molar-refractivity contribution in [2.75, 3.05) is 6.54 Å². The number of aromatic hydroxyl groups is 1. The number of hydroxylamine groups is 2. The van der Waals surface area contributed by atoms with E-state index in [1.807, 2.05) is 13.0 Å². The smallest absolute Gasteiger partial charge is 0.379 e. The Morgan fingerprint density at radius 1 is 1.30 bits per heavy atom. The van der Waals surface area contributed by atoms with Crippen LogP contribution in [0, 0.1) is 5.92 Å². The fraction of sp³-hybridized carbons (Fsp3) is 0.286. The van der Waals surface area contributed by atoms with Gasteiger partial charge in [0, 0.05) is 5.57 Å². The minimum absolute atomic E-state index is 0.0389. The molecule has 0 aliphatic carbocycles. The quantitative estimate of drug-likeness (QED) is 0.273. The van der Waals surface area contributed by atoms with E-state index in [9.17, 15) is 25.3 Å². The number of phenolic OH excluding ortho intramolecular Hbond substituents is 1. The van der Waals surface area contributed by atoms with E-state index in [4.69, 9.17) is 0 Å². The zero-order valence-electron chi connectivity index (χ0n) is 15.7. The summed E-state index contributed by atoms with van der Waals surface area (Å²) in [6, 6.07) is 5.87. The number of rotatable bonds is 5. The topological polar surface area (TPSA) is 105 Å². The molecule has 2 atom stereocenters. The van der Waals surface area contributed by atoms with Gasteiger partial charge in [-0.15, -0.1) is 5.06 Å². The Labute approximate surface area is 158 Å². The summed E-state index contributed by atoms with van der Waals surface area (Å²) in [4.78, 5) is 12.2.